The Hall–Kier alpha value is -3.16. The van der Waals surface area contributed by atoms with Crippen LogP contribution in [0.3, 0.4) is 0 Å². The molecule has 5 rings (SSSR count). The highest BCUT2D eigenvalue weighted by molar-refractivity contribution is 9.10. The molecule has 35 heavy (non-hydrogen) atoms. The highest BCUT2D eigenvalue weighted by Crippen LogP contribution is 2.44. The first-order valence-electron chi connectivity index (χ1n) is 11.6. The molecule has 2 aromatic heterocycles. The molecule has 1 saturated heterocycles. The fourth-order valence-electron chi connectivity index (χ4n) is 4.95. The number of thiocarbonyl (C=S) groups is 1. The van der Waals surface area contributed by atoms with E-state index in [4.69, 9.17) is 17.2 Å². The van der Waals surface area contributed by atoms with Crippen LogP contribution in [0, 0.1) is 13.8 Å². The van der Waals surface area contributed by atoms with Gasteiger partial charge >= 0.3 is 0 Å². The van der Waals surface area contributed by atoms with Crippen molar-refractivity contribution < 1.29 is 0 Å². The van der Waals surface area contributed by atoms with Gasteiger partial charge in [0.25, 0.3) is 0 Å². The Kier molecular flexibility index (Phi) is 6.38. The number of aryl methyl sites for hydroxylation is 1. The number of hydrogen-bond donors (Lipinski definition) is 1. The highest BCUT2D eigenvalue weighted by Gasteiger charge is 2.42. The Balaban J connectivity index is 1.67. The molecule has 0 spiro atoms. The van der Waals surface area contributed by atoms with E-state index in [1.165, 1.54) is 17.0 Å². The zero-order valence-corrected chi connectivity index (χ0v) is 22.6. The summed E-state index contributed by atoms with van der Waals surface area (Å²) in [5, 5.41) is 4.28. The van der Waals surface area contributed by atoms with Crippen LogP contribution in [-0.2, 0) is 0 Å². The first-order valence-corrected chi connectivity index (χ1v) is 12.8. The van der Waals surface area contributed by atoms with Crippen molar-refractivity contribution in [1.29, 1.82) is 0 Å². The van der Waals surface area contributed by atoms with E-state index in [0.29, 0.717) is 5.11 Å². The minimum atomic E-state index is -0.0783. The molecule has 1 aliphatic heterocycles. The van der Waals surface area contributed by atoms with Crippen molar-refractivity contribution in [2.24, 2.45) is 0 Å². The molecule has 4 aromatic rings. The lowest BCUT2D eigenvalue weighted by molar-refractivity contribution is 0.565. The fourth-order valence-corrected chi connectivity index (χ4v) is 5.76. The van der Waals surface area contributed by atoms with Gasteiger partial charge in [0.2, 0.25) is 0 Å². The summed E-state index contributed by atoms with van der Waals surface area (Å²) >= 11 is 9.66. The van der Waals surface area contributed by atoms with Gasteiger partial charge in [0.05, 0.1) is 23.5 Å². The maximum absolute atomic E-state index is 5.92. The smallest absolute Gasteiger partial charge is 0.174 e. The summed E-state index contributed by atoms with van der Waals surface area (Å²) in [6.45, 7) is 4.34. The highest BCUT2D eigenvalue weighted by atomic mass is 79.9. The van der Waals surface area contributed by atoms with Crippen molar-refractivity contribution in [2.45, 2.75) is 25.9 Å². The number of nitrogens with zero attached hydrogens (tertiary/aromatic N) is 4. The number of anilines is 2. The van der Waals surface area contributed by atoms with Gasteiger partial charge in [-0.1, -0.05) is 18.2 Å². The van der Waals surface area contributed by atoms with E-state index in [-0.39, 0.29) is 12.1 Å². The molecule has 1 N–H and O–H groups in total. The van der Waals surface area contributed by atoms with Crippen LogP contribution in [0.5, 0.6) is 0 Å². The molecule has 0 amide bonds. The number of rotatable bonds is 5. The molecule has 2 aromatic carbocycles. The van der Waals surface area contributed by atoms with E-state index in [0.717, 1.165) is 27.2 Å². The summed E-state index contributed by atoms with van der Waals surface area (Å²) in [6, 6.07) is 25.1. The molecule has 1 fully saturated rings. The van der Waals surface area contributed by atoms with Crippen LogP contribution >= 0.6 is 28.1 Å². The first kappa shape index (κ1) is 23.6. The summed E-state index contributed by atoms with van der Waals surface area (Å²) in [6.07, 6.45) is 1.84. The number of pyridine rings is 1. The zero-order valence-electron chi connectivity index (χ0n) is 20.2. The number of nitrogens with one attached hydrogen (secondary N) is 1. The van der Waals surface area contributed by atoms with Crippen molar-refractivity contribution >= 4 is 44.6 Å². The lowest BCUT2D eigenvalue weighted by Crippen LogP contribution is -2.29. The summed E-state index contributed by atoms with van der Waals surface area (Å²) in [5.74, 6) is 0. The van der Waals surface area contributed by atoms with Gasteiger partial charge in [-0.2, -0.15) is 0 Å². The number of benzene rings is 2. The van der Waals surface area contributed by atoms with Crippen molar-refractivity contribution in [3.05, 3.63) is 106 Å². The molecular formula is C28H28BrN5S. The molecular weight excluding hydrogens is 518 g/mol. The maximum atomic E-state index is 5.92. The standard InChI is InChI=1S/C28H28BrN5S/c1-18-17-22(19(2)33(18)25-11-6-5-9-23(25)29)27-26(24-10-7-8-16-30-24)31-28(35)34(27)21-14-12-20(13-15-21)32(3)4/h5-17,26-27H,1-4H3,(H,31,35)/t26-,27+/m1/s1. The van der Waals surface area contributed by atoms with Crippen molar-refractivity contribution in [3.63, 3.8) is 0 Å². The van der Waals surface area contributed by atoms with E-state index < -0.39 is 0 Å². The Morgan fingerprint density at radius 1 is 0.971 bits per heavy atom. The van der Waals surface area contributed by atoms with E-state index in [1.54, 1.807) is 0 Å². The summed E-state index contributed by atoms with van der Waals surface area (Å²) < 4.78 is 3.37. The Morgan fingerprint density at radius 3 is 2.34 bits per heavy atom. The van der Waals surface area contributed by atoms with Crippen LogP contribution in [0.25, 0.3) is 5.69 Å². The van der Waals surface area contributed by atoms with Crippen molar-refractivity contribution in [3.8, 4) is 5.69 Å². The SMILES string of the molecule is Cc1cc([C@H]2[C@@H](c3ccccn3)NC(=S)N2c2ccc(N(C)C)cc2)c(C)n1-c1ccccc1Br. The zero-order chi connectivity index (χ0) is 24.7. The number of aromatic nitrogens is 2. The van der Waals surface area contributed by atoms with Gasteiger partial charge < -0.3 is 19.7 Å². The van der Waals surface area contributed by atoms with Crippen LogP contribution in [0.1, 0.15) is 34.7 Å². The minimum Gasteiger partial charge on any atom is -0.378 e. The van der Waals surface area contributed by atoms with Gasteiger partial charge in [-0.25, -0.2) is 0 Å². The Labute approximate surface area is 220 Å². The molecule has 0 unspecified atom stereocenters. The molecule has 0 saturated carbocycles. The van der Waals surface area contributed by atoms with Gasteiger partial charge in [0, 0.05) is 47.5 Å². The van der Waals surface area contributed by atoms with Gasteiger partial charge in [-0.05, 0) is 102 Å². The molecule has 0 bridgehead atoms. The summed E-state index contributed by atoms with van der Waals surface area (Å²) in [5.41, 5.74) is 7.88. The molecule has 2 atom stereocenters. The average molecular weight is 547 g/mol. The molecule has 3 heterocycles. The van der Waals surface area contributed by atoms with Crippen molar-refractivity contribution in [1.82, 2.24) is 14.9 Å². The van der Waals surface area contributed by atoms with E-state index >= 15 is 0 Å². The van der Waals surface area contributed by atoms with Gasteiger partial charge in [0.15, 0.2) is 5.11 Å². The largest absolute Gasteiger partial charge is 0.378 e. The van der Waals surface area contributed by atoms with E-state index in [9.17, 15) is 0 Å². The summed E-state index contributed by atoms with van der Waals surface area (Å²) in [7, 11) is 4.10. The van der Waals surface area contributed by atoms with Crippen LogP contribution < -0.4 is 15.1 Å². The average Bonchev–Trinajstić information content (AvgIpc) is 3.35. The second-order valence-corrected chi connectivity index (χ2v) is 10.3. The lowest BCUT2D eigenvalue weighted by Gasteiger charge is -2.28. The van der Waals surface area contributed by atoms with Crippen molar-refractivity contribution in [2.75, 3.05) is 23.9 Å². The second-order valence-electron chi connectivity index (χ2n) is 9.02. The predicted molar refractivity (Wildman–Crippen MR) is 152 cm³/mol. The topological polar surface area (TPSA) is 36.3 Å². The van der Waals surface area contributed by atoms with Gasteiger partial charge in [0.1, 0.15) is 0 Å². The maximum Gasteiger partial charge on any atom is 0.174 e. The Bertz CT molecular complexity index is 1360. The number of para-hydroxylation sites is 1. The third-order valence-electron chi connectivity index (χ3n) is 6.62. The number of hydrogen-bond acceptors (Lipinski definition) is 3. The molecule has 5 nitrogen and oxygen atoms in total. The lowest BCUT2D eigenvalue weighted by atomic mass is 9.96. The third kappa shape index (κ3) is 4.23. The number of halogens is 1. The minimum absolute atomic E-state index is 0.0509. The van der Waals surface area contributed by atoms with Crippen LogP contribution in [0.15, 0.2) is 83.5 Å². The first-order chi connectivity index (χ1) is 16.9. The normalized spacial score (nSPS) is 17.5. The third-order valence-corrected chi connectivity index (χ3v) is 7.61. The van der Waals surface area contributed by atoms with Gasteiger partial charge in [-0.3, -0.25) is 4.98 Å². The van der Waals surface area contributed by atoms with Gasteiger partial charge in [-0.15, -0.1) is 0 Å². The summed E-state index contributed by atoms with van der Waals surface area (Å²) in [4.78, 5) is 9.04. The quantitative estimate of drug-likeness (QED) is 0.290. The second kappa shape index (κ2) is 9.47. The van der Waals surface area contributed by atoms with Crippen LogP contribution in [0.4, 0.5) is 11.4 Å². The molecule has 7 heteroatoms. The Morgan fingerprint density at radius 2 is 1.69 bits per heavy atom. The molecule has 1 aliphatic rings. The molecule has 178 valence electrons. The predicted octanol–water partition coefficient (Wildman–Crippen LogP) is 6.49. The van der Waals surface area contributed by atoms with E-state index in [1.807, 2.05) is 38.5 Å². The van der Waals surface area contributed by atoms with Crippen LogP contribution in [0.2, 0.25) is 0 Å². The molecule has 0 radical (unpaired) electrons. The van der Waals surface area contributed by atoms with Crippen LogP contribution in [-0.4, -0.2) is 28.8 Å². The molecule has 0 aliphatic carbocycles. The van der Waals surface area contributed by atoms with E-state index in [2.05, 4.69) is 104 Å². The monoisotopic (exact) mass is 545 g/mol. The fraction of sp³-hybridized carbons (Fsp3) is 0.214.